The Balaban J connectivity index is 1.32. The third kappa shape index (κ3) is 4.86. The maximum atomic E-state index is 12.4. The van der Waals surface area contributed by atoms with Gasteiger partial charge in [-0.05, 0) is 43.4 Å². The molecule has 29 heavy (non-hydrogen) atoms. The molecule has 8 heteroatoms. The lowest BCUT2D eigenvalue weighted by Crippen LogP contribution is -2.42. The minimum Gasteiger partial charge on any atom is -0.273 e. The summed E-state index contributed by atoms with van der Waals surface area (Å²) in [5.41, 5.74) is 7.77. The number of aryl methyl sites for hydroxylation is 2. The molecule has 0 radical (unpaired) electrons. The van der Waals surface area contributed by atoms with E-state index in [1.165, 1.54) is 52.4 Å². The molecule has 150 valence electrons. The third-order valence-electron chi connectivity index (χ3n) is 4.78. The number of thiazole rings is 1. The van der Waals surface area contributed by atoms with E-state index in [4.69, 9.17) is 11.6 Å². The summed E-state index contributed by atoms with van der Waals surface area (Å²) < 4.78 is 0. The first-order valence-corrected chi connectivity index (χ1v) is 11.6. The van der Waals surface area contributed by atoms with Gasteiger partial charge in [0, 0.05) is 15.8 Å². The van der Waals surface area contributed by atoms with Crippen molar-refractivity contribution in [2.24, 2.45) is 0 Å². The molecule has 0 unspecified atom stereocenters. The number of hydrazine groups is 1. The van der Waals surface area contributed by atoms with Gasteiger partial charge in [-0.2, -0.15) is 0 Å². The van der Waals surface area contributed by atoms with Gasteiger partial charge in [-0.25, -0.2) is 4.98 Å². The predicted octanol–water partition coefficient (Wildman–Crippen LogP) is 4.80. The number of hydrogen-bond donors (Lipinski definition) is 2. The van der Waals surface area contributed by atoms with Gasteiger partial charge in [0.05, 0.1) is 22.0 Å². The van der Waals surface area contributed by atoms with Crippen molar-refractivity contribution in [3.8, 4) is 10.6 Å². The van der Waals surface area contributed by atoms with Gasteiger partial charge >= 0.3 is 0 Å². The highest BCUT2D eigenvalue weighted by atomic mass is 35.5. The Morgan fingerprint density at radius 3 is 2.79 bits per heavy atom. The van der Waals surface area contributed by atoms with Crippen LogP contribution in [0.15, 0.2) is 35.7 Å². The average molecular weight is 446 g/mol. The molecule has 0 saturated heterocycles. The minimum atomic E-state index is -0.313. The van der Waals surface area contributed by atoms with Gasteiger partial charge in [-0.1, -0.05) is 36.2 Å². The summed E-state index contributed by atoms with van der Waals surface area (Å²) in [6.45, 7) is 0. The number of amides is 2. The predicted molar refractivity (Wildman–Crippen MR) is 117 cm³/mol. The van der Waals surface area contributed by atoms with Crippen molar-refractivity contribution in [1.29, 1.82) is 0 Å². The Morgan fingerprint density at radius 1 is 1.10 bits per heavy atom. The topological polar surface area (TPSA) is 71.1 Å². The van der Waals surface area contributed by atoms with Gasteiger partial charge < -0.3 is 0 Å². The molecule has 1 aromatic carbocycles. The zero-order chi connectivity index (χ0) is 20.2. The van der Waals surface area contributed by atoms with E-state index in [0.29, 0.717) is 15.6 Å². The minimum absolute atomic E-state index is 0.0855. The van der Waals surface area contributed by atoms with Crippen LogP contribution in [0.25, 0.3) is 10.6 Å². The van der Waals surface area contributed by atoms with Crippen molar-refractivity contribution in [2.75, 3.05) is 0 Å². The van der Waals surface area contributed by atoms with E-state index in [2.05, 4.69) is 15.8 Å². The summed E-state index contributed by atoms with van der Waals surface area (Å²) in [5.74, 6) is -0.584. The van der Waals surface area contributed by atoms with Gasteiger partial charge in [-0.3, -0.25) is 20.4 Å². The SMILES string of the molecule is O=C(Cc1csc(-c2ccccc2Cl)n1)NNC(=O)c1cc2c(s1)CCCCC2. The molecule has 2 aromatic heterocycles. The molecule has 0 fully saturated rings. The molecule has 0 aliphatic heterocycles. The number of carbonyl (C=O) groups excluding carboxylic acids is 2. The monoisotopic (exact) mass is 445 g/mol. The van der Waals surface area contributed by atoms with Gasteiger partial charge in [0.25, 0.3) is 5.91 Å². The molecular weight excluding hydrogens is 426 g/mol. The number of aromatic nitrogens is 1. The van der Waals surface area contributed by atoms with Crippen LogP contribution in [0, 0.1) is 0 Å². The second kappa shape index (κ2) is 9.07. The summed E-state index contributed by atoms with van der Waals surface area (Å²) in [7, 11) is 0. The molecule has 2 N–H and O–H groups in total. The van der Waals surface area contributed by atoms with Gasteiger partial charge in [-0.15, -0.1) is 22.7 Å². The highest BCUT2D eigenvalue weighted by molar-refractivity contribution is 7.14. The molecule has 0 bridgehead atoms. The van der Waals surface area contributed by atoms with Crippen LogP contribution in [0.3, 0.4) is 0 Å². The van der Waals surface area contributed by atoms with Crippen molar-refractivity contribution in [3.63, 3.8) is 0 Å². The molecule has 0 spiro atoms. The molecule has 1 aliphatic carbocycles. The van der Waals surface area contributed by atoms with Crippen LogP contribution in [-0.4, -0.2) is 16.8 Å². The fourth-order valence-electron chi connectivity index (χ4n) is 3.32. The van der Waals surface area contributed by atoms with Gasteiger partial charge in [0.1, 0.15) is 5.01 Å². The lowest BCUT2D eigenvalue weighted by atomic mass is 10.1. The number of thiophene rings is 1. The van der Waals surface area contributed by atoms with E-state index in [1.807, 2.05) is 35.7 Å². The summed E-state index contributed by atoms with van der Waals surface area (Å²) in [5, 5.41) is 3.22. The molecule has 0 saturated carbocycles. The Hall–Kier alpha value is -2.22. The Morgan fingerprint density at radius 2 is 1.93 bits per heavy atom. The second-order valence-corrected chi connectivity index (χ2v) is 9.32. The first-order valence-electron chi connectivity index (χ1n) is 9.50. The highest BCUT2D eigenvalue weighted by Crippen LogP contribution is 2.30. The first-order chi connectivity index (χ1) is 14.1. The molecule has 5 nitrogen and oxygen atoms in total. The maximum Gasteiger partial charge on any atom is 0.279 e. The quantitative estimate of drug-likeness (QED) is 0.447. The second-order valence-electron chi connectivity index (χ2n) is 6.92. The number of benzene rings is 1. The van der Waals surface area contributed by atoms with Crippen LogP contribution in [0.1, 0.15) is 45.1 Å². The molecule has 1 aliphatic rings. The van der Waals surface area contributed by atoms with Gasteiger partial charge in [0.15, 0.2) is 0 Å². The molecule has 0 atom stereocenters. The van der Waals surface area contributed by atoms with Gasteiger partial charge in [0.2, 0.25) is 5.91 Å². The maximum absolute atomic E-state index is 12.4. The Bertz CT molecular complexity index is 1020. The van der Waals surface area contributed by atoms with Crippen molar-refractivity contribution < 1.29 is 9.59 Å². The highest BCUT2D eigenvalue weighted by Gasteiger charge is 2.17. The number of carbonyl (C=O) groups is 2. The standard InChI is InChI=1S/C21H20ClN3O2S2/c22-16-8-5-4-7-15(16)21-23-14(12-28-21)11-19(26)24-25-20(27)18-10-13-6-2-1-3-9-17(13)29-18/h4-5,7-8,10,12H,1-3,6,9,11H2,(H,24,26)(H,25,27). The normalized spacial score (nSPS) is 13.4. The van der Waals surface area contributed by atoms with Crippen molar-refractivity contribution in [3.05, 3.63) is 61.7 Å². The summed E-state index contributed by atoms with van der Waals surface area (Å²) in [6, 6.07) is 9.43. The van der Waals surface area contributed by atoms with Crippen LogP contribution < -0.4 is 10.9 Å². The molecule has 4 rings (SSSR count). The molecule has 3 aromatic rings. The summed E-state index contributed by atoms with van der Waals surface area (Å²) >= 11 is 9.17. The third-order valence-corrected chi connectivity index (χ3v) is 7.27. The number of nitrogens with one attached hydrogen (secondary N) is 2. The van der Waals surface area contributed by atoms with E-state index >= 15 is 0 Å². The largest absolute Gasteiger partial charge is 0.279 e. The van der Waals surface area contributed by atoms with Crippen LogP contribution in [-0.2, 0) is 24.1 Å². The average Bonchev–Trinajstić information content (AvgIpc) is 3.28. The lowest BCUT2D eigenvalue weighted by Gasteiger charge is -2.05. The first kappa shape index (κ1) is 20.1. The lowest BCUT2D eigenvalue weighted by molar-refractivity contribution is -0.121. The Labute approximate surface area is 182 Å². The van der Waals surface area contributed by atoms with Crippen LogP contribution in [0.5, 0.6) is 0 Å². The molecular formula is C21H20ClN3O2S2. The van der Waals surface area contributed by atoms with E-state index in [0.717, 1.165) is 23.4 Å². The van der Waals surface area contributed by atoms with E-state index in [1.54, 1.807) is 0 Å². The van der Waals surface area contributed by atoms with E-state index in [-0.39, 0.29) is 18.2 Å². The fourth-order valence-corrected chi connectivity index (χ4v) is 5.61. The van der Waals surface area contributed by atoms with E-state index < -0.39 is 0 Å². The smallest absolute Gasteiger partial charge is 0.273 e. The number of hydrogen-bond acceptors (Lipinski definition) is 5. The van der Waals surface area contributed by atoms with Crippen molar-refractivity contribution in [2.45, 2.75) is 38.5 Å². The van der Waals surface area contributed by atoms with E-state index in [9.17, 15) is 9.59 Å². The Kier molecular flexibility index (Phi) is 6.28. The number of halogens is 1. The number of fused-ring (bicyclic) bond motifs is 1. The van der Waals surface area contributed by atoms with Crippen LogP contribution in [0.2, 0.25) is 5.02 Å². The zero-order valence-electron chi connectivity index (χ0n) is 15.7. The summed E-state index contributed by atoms with van der Waals surface area (Å²) in [6.07, 6.45) is 5.75. The molecule has 2 amide bonds. The molecule has 2 heterocycles. The van der Waals surface area contributed by atoms with Crippen molar-refractivity contribution >= 4 is 46.1 Å². The number of rotatable bonds is 4. The van der Waals surface area contributed by atoms with Crippen LogP contribution in [0.4, 0.5) is 0 Å². The van der Waals surface area contributed by atoms with Crippen LogP contribution >= 0.6 is 34.3 Å². The zero-order valence-corrected chi connectivity index (χ0v) is 18.1. The number of nitrogens with zero attached hydrogens (tertiary/aromatic N) is 1. The fraction of sp³-hybridized carbons (Fsp3) is 0.286. The summed E-state index contributed by atoms with van der Waals surface area (Å²) in [4.78, 5) is 31.0. The van der Waals surface area contributed by atoms with Crippen molar-refractivity contribution in [1.82, 2.24) is 15.8 Å².